The summed E-state index contributed by atoms with van der Waals surface area (Å²) in [6, 6.07) is 13.4. The molecule has 40 heavy (non-hydrogen) atoms. The lowest BCUT2D eigenvalue weighted by Crippen LogP contribution is -2.22. The average molecular weight is 553 g/mol. The van der Waals surface area contributed by atoms with Crippen LogP contribution in [0.3, 0.4) is 0 Å². The van der Waals surface area contributed by atoms with Crippen LogP contribution in [0.5, 0.6) is 11.5 Å². The monoisotopic (exact) mass is 552 g/mol. The first-order valence-electron chi connectivity index (χ1n) is 13.9. The molecule has 0 N–H and O–H groups in total. The third kappa shape index (κ3) is 7.33. The number of carbonyl (C=O) groups excluding carboxylic acids is 1. The Morgan fingerprint density at radius 3 is 2.38 bits per heavy atom. The maximum atomic E-state index is 15.0. The van der Waals surface area contributed by atoms with Crippen molar-refractivity contribution in [2.45, 2.75) is 63.9 Å². The highest BCUT2D eigenvalue weighted by molar-refractivity contribution is 5.91. The van der Waals surface area contributed by atoms with Gasteiger partial charge in [0, 0.05) is 18.2 Å². The standard InChI is InChI=1S/C33H35F3O4/c1-3-5-19-38-25-13-11-23(12-14-25)28-17-18-30(32(36)31(28)35)40-33(37)24-9-7-22(8-10-24)27-16-15-26(21-29(27)34)39-20-6-4-2/h4,7-10,15-18,21,23,25H,2-3,5-6,11-14,19-20H2,1H3. The van der Waals surface area contributed by atoms with Gasteiger partial charge in [0.2, 0.25) is 5.82 Å². The fraction of sp³-hybridized carbons (Fsp3) is 0.364. The van der Waals surface area contributed by atoms with E-state index in [-0.39, 0.29) is 17.6 Å². The van der Waals surface area contributed by atoms with E-state index in [0.29, 0.717) is 48.3 Å². The molecule has 0 radical (unpaired) electrons. The van der Waals surface area contributed by atoms with Crippen molar-refractivity contribution in [1.82, 2.24) is 0 Å². The van der Waals surface area contributed by atoms with Gasteiger partial charge < -0.3 is 14.2 Å². The molecule has 1 fully saturated rings. The molecule has 4 nitrogen and oxygen atoms in total. The SMILES string of the molecule is C=CCCOc1ccc(-c2ccc(C(=O)Oc3ccc(C4CCC(OCCCC)CC4)c(F)c3F)cc2)c(F)c1. The molecule has 0 bridgehead atoms. The van der Waals surface area contributed by atoms with E-state index in [9.17, 15) is 18.0 Å². The summed E-state index contributed by atoms with van der Waals surface area (Å²) in [5.41, 5.74) is 1.30. The zero-order valence-corrected chi connectivity index (χ0v) is 22.8. The van der Waals surface area contributed by atoms with E-state index in [1.807, 2.05) is 0 Å². The van der Waals surface area contributed by atoms with Crippen molar-refractivity contribution in [1.29, 1.82) is 0 Å². The summed E-state index contributed by atoms with van der Waals surface area (Å²) in [6.07, 6.45) is 7.66. The van der Waals surface area contributed by atoms with Crippen LogP contribution < -0.4 is 9.47 Å². The van der Waals surface area contributed by atoms with Crippen LogP contribution in [0.2, 0.25) is 0 Å². The maximum Gasteiger partial charge on any atom is 0.343 e. The molecule has 3 aromatic rings. The summed E-state index contributed by atoms with van der Waals surface area (Å²) in [7, 11) is 0. The molecule has 0 saturated heterocycles. The van der Waals surface area contributed by atoms with Crippen LogP contribution in [0.1, 0.15) is 73.7 Å². The third-order valence-corrected chi connectivity index (χ3v) is 7.21. The first-order valence-corrected chi connectivity index (χ1v) is 13.9. The van der Waals surface area contributed by atoms with Gasteiger partial charge in [-0.05, 0) is 85.9 Å². The van der Waals surface area contributed by atoms with Crippen molar-refractivity contribution in [2.75, 3.05) is 13.2 Å². The Morgan fingerprint density at radius 2 is 1.70 bits per heavy atom. The Morgan fingerprint density at radius 1 is 0.950 bits per heavy atom. The second-order valence-electron chi connectivity index (χ2n) is 10.0. The number of esters is 1. The first kappa shape index (κ1) is 29.4. The number of rotatable bonds is 12. The summed E-state index contributed by atoms with van der Waals surface area (Å²) in [5, 5.41) is 0. The minimum absolute atomic E-state index is 0.106. The normalized spacial score (nSPS) is 16.9. The number of unbranched alkanes of at least 4 members (excludes halogenated alkanes) is 1. The molecule has 7 heteroatoms. The van der Waals surface area contributed by atoms with E-state index < -0.39 is 29.2 Å². The van der Waals surface area contributed by atoms with Crippen LogP contribution >= 0.6 is 0 Å². The van der Waals surface area contributed by atoms with Crippen molar-refractivity contribution in [2.24, 2.45) is 0 Å². The fourth-order valence-electron chi connectivity index (χ4n) is 4.90. The van der Waals surface area contributed by atoms with E-state index in [2.05, 4.69) is 13.5 Å². The van der Waals surface area contributed by atoms with Crippen LogP contribution in [0.4, 0.5) is 13.2 Å². The van der Waals surface area contributed by atoms with Gasteiger partial charge in [-0.2, -0.15) is 4.39 Å². The lowest BCUT2D eigenvalue weighted by molar-refractivity contribution is 0.0230. The van der Waals surface area contributed by atoms with E-state index in [4.69, 9.17) is 14.2 Å². The summed E-state index contributed by atoms with van der Waals surface area (Å²) in [6.45, 7) is 6.87. The van der Waals surface area contributed by atoms with Crippen LogP contribution in [-0.2, 0) is 4.74 Å². The second kappa shape index (κ2) is 14.2. The van der Waals surface area contributed by atoms with Gasteiger partial charge in [-0.15, -0.1) is 6.58 Å². The van der Waals surface area contributed by atoms with E-state index >= 15 is 0 Å². The topological polar surface area (TPSA) is 44.8 Å². The highest BCUT2D eigenvalue weighted by Gasteiger charge is 2.27. The van der Waals surface area contributed by atoms with Gasteiger partial charge in [0.25, 0.3) is 0 Å². The number of ether oxygens (including phenoxy) is 3. The highest BCUT2D eigenvalue weighted by Crippen LogP contribution is 2.37. The van der Waals surface area contributed by atoms with E-state index in [0.717, 1.165) is 32.3 Å². The zero-order chi connectivity index (χ0) is 28.5. The quantitative estimate of drug-likeness (QED) is 0.0975. The van der Waals surface area contributed by atoms with Gasteiger partial charge in [0.15, 0.2) is 11.6 Å². The van der Waals surface area contributed by atoms with Crippen LogP contribution in [0.25, 0.3) is 11.1 Å². The minimum atomic E-state index is -1.18. The molecule has 212 valence electrons. The minimum Gasteiger partial charge on any atom is -0.493 e. The number of hydrogen-bond donors (Lipinski definition) is 0. The van der Waals surface area contributed by atoms with Crippen molar-refractivity contribution in [3.63, 3.8) is 0 Å². The average Bonchev–Trinajstić information content (AvgIpc) is 2.96. The van der Waals surface area contributed by atoms with E-state index in [1.165, 1.54) is 30.3 Å². The number of benzene rings is 3. The molecule has 0 aromatic heterocycles. The van der Waals surface area contributed by atoms with Gasteiger partial charge in [-0.1, -0.05) is 37.6 Å². The first-order chi connectivity index (χ1) is 19.4. The number of halogens is 3. The number of carbonyl (C=O) groups is 1. The maximum absolute atomic E-state index is 15.0. The van der Waals surface area contributed by atoms with Crippen LogP contribution in [0.15, 0.2) is 67.3 Å². The predicted octanol–water partition coefficient (Wildman–Crippen LogP) is 8.79. The molecular formula is C33H35F3O4. The van der Waals surface area contributed by atoms with Crippen molar-refractivity contribution >= 4 is 5.97 Å². The molecule has 0 aliphatic heterocycles. The Labute approximate surface area is 233 Å². The summed E-state index contributed by atoms with van der Waals surface area (Å²) >= 11 is 0. The Kier molecular flexibility index (Phi) is 10.4. The molecule has 0 unspecified atom stereocenters. The molecule has 0 atom stereocenters. The molecule has 0 amide bonds. The molecule has 3 aromatic carbocycles. The Bertz CT molecular complexity index is 1300. The number of hydrogen-bond acceptors (Lipinski definition) is 4. The smallest absolute Gasteiger partial charge is 0.343 e. The van der Waals surface area contributed by atoms with Gasteiger partial charge in [0.05, 0.1) is 18.3 Å². The Hall–Kier alpha value is -3.58. The van der Waals surface area contributed by atoms with Gasteiger partial charge >= 0.3 is 5.97 Å². The third-order valence-electron chi connectivity index (χ3n) is 7.21. The van der Waals surface area contributed by atoms with Gasteiger partial charge in [0.1, 0.15) is 11.6 Å². The molecule has 0 spiro atoms. The molecule has 4 rings (SSSR count). The predicted molar refractivity (Wildman–Crippen MR) is 149 cm³/mol. The van der Waals surface area contributed by atoms with Crippen molar-refractivity contribution < 1.29 is 32.2 Å². The summed E-state index contributed by atoms with van der Waals surface area (Å²) in [4.78, 5) is 12.7. The molecule has 0 heterocycles. The molecule has 1 aliphatic rings. The lowest BCUT2D eigenvalue weighted by atomic mass is 9.82. The highest BCUT2D eigenvalue weighted by atomic mass is 19.2. The van der Waals surface area contributed by atoms with E-state index in [1.54, 1.807) is 30.3 Å². The second-order valence-corrected chi connectivity index (χ2v) is 10.0. The van der Waals surface area contributed by atoms with Crippen LogP contribution in [-0.4, -0.2) is 25.3 Å². The Balaban J connectivity index is 1.37. The molecule has 1 saturated carbocycles. The van der Waals surface area contributed by atoms with Crippen molar-refractivity contribution in [3.8, 4) is 22.6 Å². The summed E-state index contributed by atoms with van der Waals surface area (Å²) in [5.74, 6) is -3.64. The molecular weight excluding hydrogens is 517 g/mol. The van der Waals surface area contributed by atoms with Crippen LogP contribution in [0, 0.1) is 17.5 Å². The zero-order valence-electron chi connectivity index (χ0n) is 22.8. The van der Waals surface area contributed by atoms with Gasteiger partial charge in [-0.3, -0.25) is 0 Å². The van der Waals surface area contributed by atoms with Crippen molar-refractivity contribution in [3.05, 3.63) is 95.8 Å². The molecule has 1 aliphatic carbocycles. The van der Waals surface area contributed by atoms with Gasteiger partial charge in [-0.25, -0.2) is 13.6 Å². The lowest BCUT2D eigenvalue weighted by Gasteiger charge is -2.29. The summed E-state index contributed by atoms with van der Waals surface area (Å²) < 4.78 is 61.1. The largest absolute Gasteiger partial charge is 0.493 e. The fourth-order valence-corrected chi connectivity index (χ4v) is 4.90.